The number of amides is 2. The summed E-state index contributed by atoms with van der Waals surface area (Å²) in [5.41, 5.74) is 1.53. The number of nitrogens with one attached hydrogen (secondary N) is 2. The third-order valence-electron chi connectivity index (χ3n) is 3.80. The zero-order chi connectivity index (χ0) is 17.1. The smallest absolute Gasteiger partial charge is 0.254 e. The average molecular weight is 347 g/mol. The van der Waals surface area contributed by atoms with Crippen molar-refractivity contribution < 1.29 is 14.0 Å². The zero-order valence-corrected chi connectivity index (χ0v) is 13.6. The van der Waals surface area contributed by atoms with Gasteiger partial charge in [0, 0.05) is 23.2 Å². The molecule has 0 unspecified atom stereocenters. The number of halogens is 2. The summed E-state index contributed by atoms with van der Waals surface area (Å²) in [4.78, 5) is 23.7. The van der Waals surface area contributed by atoms with Crippen LogP contribution >= 0.6 is 11.6 Å². The molecule has 2 aromatic rings. The van der Waals surface area contributed by atoms with Crippen LogP contribution in [0.5, 0.6) is 0 Å². The second-order valence-corrected chi connectivity index (χ2v) is 6.20. The predicted octanol–water partition coefficient (Wildman–Crippen LogP) is 3.76. The molecule has 2 aromatic carbocycles. The van der Waals surface area contributed by atoms with Gasteiger partial charge >= 0.3 is 0 Å². The Labute approximate surface area is 144 Å². The molecule has 1 fully saturated rings. The first-order valence-corrected chi connectivity index (χ1v) is 8.04. The van der Waals surface area contributed by atoms with E-state index in [1.54, 1.807) is 24.3 Å². The molecule has 1 saturated carbocycles. The molecule has 0 radical (unpaired) electrons. The van der Waals surface area contributed by atoms with Crippen LogP contribution in [0.1, 0.15) is 28.8 Å². The topological polar surface area (TPSA) is 58.2 Å². The average Bonchev–Trinajstić information content (AvgIpc) is 3.39. The minimum atomic E-state index is -0.655. The number of anilines is 1. The Balaban J connectivity index is 1.56. The van der Waals surface area contributed by atoms with Crippen LogP contribution in [-0.4, -0.2) is 11.8 Å². The highest BCUT2D eigenvalue weighted by Gasteiger charge is 2.29. The Kier molecular flexibility index (Phi) is 4.81. The Morgan fingerprint density at radius 3 is 2.46 bits per heavy atom. The molecule has 0 atom stereocenters. The Morgan fingerprint density at radius 1 is 1.12 bits per heavy atom. The third-order valence-corrected chi connectivity index (χ3v) is 4.03. The maximum Gasteiger partial charge on any atom is 0.254 e. The molecule has 124 valence electrons. The summed E-state index contributed by atoms with van der Waals surface area (Å²) < 4.78 is 13.7. The number of hydrogen-bond acceptors (Lipinski definition) is 2. The Hall–Kier alpha value is -2.40. The van der Waals surface area contributed by atoms with E-state index in [1.165, 1.54) is 12.1 Å². The van der Waals surface area contributed by atoms with Gasteiger partial charge in [0.1, 0.15) is 5.82 Å². The van der Waals surface area contributed by atoms with Gasteiger partial charge in [0.2, 0.25) is 5.91 Å². The highest BCUT2D eigenvalue weighted by atomic mass is 35.5. The van der Waals surface area contributed by atoms with Gasteiger partial charge in [0.15, 0.2) is 0 Å². The van der Waals surface area contributed by atoms with Crippen molar-refractivity contribution in [1.82, 2.24) is 5.32 Å². The van der Waals surface area contributed by atoms with Crippen molar-refractivity contribution in [1.29, 1.82) is 0 Å². The van der Waals surface area contributed by atoms with Crippen LogP contribution < -0.4 is 10.6 Å². The van der Waals surface area contributed by atoms with Crippen LogP contribution in [0.4, 0.5) is 10.1 Å². The number of carbonyl (C=O) groups excluding carboxylic acids is 2. The largest absolute Gasteiger partial charge is 0.348 e. The predicted molar refractivity (Wildman–Crippen MR) is 90.4 cm³/mol. The molecule has 24 heavy (non-hydrogen) atoms. The van der Waals surface area contributed by atoms with Crippen molar-refractivity contribution >= 4 is 29.1 Å². The van der Waals surface area contributed by atoms with E-state index < -0.39 is 11.7 Å². The summed E-state index contributed by atoms with van der Waals surface area (Å²) in [6, 6.07) is 11.1. The van der Waals surface area contributed by atoms with Crippen LogP contribution in [0.3, 0.4) is 0 Å². The lowest BCUT2D eigenvalue weighted by Crippen LogP contribution is -2.23. The lowest BCUT2D eigenvalue weighted by Gasteiger charge is -2.08. The highest BCUT2D eigenvalue weighted by Crippen LogP contribution is 2.30. The normalized spacial score (nSPS) is 13.4. The summed E-state index contributed by atoms with van der Waals surface area (Å²) in [7, 11) is 0. The Morgan fingerprint density at radius 2 is 1.83 bits per heavy atom. The summed E-state index contributed by atoms with van der Waals surface area (Å²) in [5, 5.41) is 5.74. The third kappa shape index (κ3) is 4.11. The van der Waals surface area contributed by atoms with E-state index in [1.807, 2.05) is 0 Å². The number of hydrogen-bond donors (Lipinski definition) is 2. The standard InChI is InChI=1S/C18H16ClFN2O2/c19-13-5-8-15(16(20)9-13)18(24)21-10-11-1-6-14(7-2-11)22-17(23)12-3-4-12/h1-2,5-9,12H,3-4,10H2,(H,21,24)(H,22,23). The minimum absolute atomic E-state index is 0.0484. The van der Waals surface area contributed by atoms with Crippen LogP contribution in [0.25, 0.3) is 0 Å². The van der Waals surface area contributed by atoms with E-state index in [9.17, 15) is 14.0 Å². The molecule has 0 spiro atoms. The molecule has 2 amide bonds. The summed E-state index contributed by atoms with van der Waals surface area (Å²) in [6.45, 7) is 0.262. The molecule has 4 nitrogen and oxygen atoms in total. The van der Waals surface area contributed by atoms with Crippen molar-refractivity contribution in [3.63, 3.8) is 0 Å². The Bertz CT molecular complexity index is 773. The molecule has 0 bridgehead atoms. The van der Waals surface area contributed by atoms with Gasteiger partial charge in [-0.3, -0.25) is 9.59 Å². The van der Waals surface area contributed by atoms with Gasteiger partial charge in [0.25, 0.3) is 5.91 Å². The molecule has 3 rings (SSSR count). The highest BCUT2D eigenvalue weighted by molar-refractivity contribution is 6.30. The molecule has 0 aliphatic heterocycles. The van der Waals surface area contributed by atoms with Crippen molar-refractivity contribution in [2.24, 2.45) is 5.92 Å². The van der Waals surface area contributed by atoms with Crippen LogP contribution in [0, 0.1) is 11.7 Å². The van der Waals surface area contributed by atoms with E-state index in [0.717, 1.165) is 30.2 Å². The van der Waals surface area contributed by atoms with Crippen molar-refractivity contribution in [3.05, 3.63) is 64.4 Å². The van der Waals surface area contributed by atoms with Crippen molar-refractivity contribution in [3.8, 4) is 0 Å². The fraction of sp³-hybridized carbons (Fsp3) is 0.222. The molecule has 0 aromatic heterocycles. The van der Waals surface area contributed by atoms with Gasteiger partial charge in [-0.2, -0.15) is 0 Å². The first-order chi connectivity index (χ1) is 11.5. The minimum Gasteiger partial charge on any atom is -0.348 e. The fourth-order valence-corrected chi connectivity index (χ4v) is 2.41. The fourth-order valence-electron chi connectivity index (χ4n) is 2.25. The van der Waals surface area contributed by atoms with E-state index >= 15 is 0 Å². The van der Waals surface area contributed by atoms with Gasteiger partial charge in [-0.25, -0.2) is 4.39 Å². The van der Waals surface area contributed by atoms with Crippen molar-refractivity contribution in [2.75, 3.05) is 5.32 Å². The SMILES string of the molecule is O=C(NCc1ccc(NC(=O)C2CC2)cc1)c1ccc(Cl)cc1F. The number of carbonyl (C=O) groups is 2. The molecule has 2 N–H and O–H groups in total. The maximum atomic E-state index is 13.7. The molecule has 1 aliphatic carbocycles. The molecule has 0 heterocycles. The van der Waals surface area contributed by atoms with Crippen LogP contribution in [0.15, 0.2) is 42.5 Å². The molecule has 1 aliphatic rings. The first kappa shape index (κ1) is 16.5. The van der Waals surface area contributed by atoms with Gasteiger partial charge in [-0.05, 0) is 48.7 Å². The van der Waals surface area contributed by atoms with Crippen LogP contribution in [0.2, 0.25) is 5.02 Å². The lowest BCUT2D eigenvalue weighted by molar-refractivity contribution is -0.117. The molecule has 6 heteroatoms. The number of benzene rings is 2. The molecule has 0 saturated heterocycles. The maximum absolute atomic E-state index is 13.7. The van der Waals surface area contributed by atoms with Gasteiger partial charge in [0.05, 0.1) is 5.56 Å². The second-order valence-electron chi connectivity index (χ2n) is 5.77. The molecular weight excluding hydrogens is 331 g/mol. The zero-order valence-electron chi connectivity index (χ0n) is 12.8. The van der Waals surface area contributed by atoms with E-state index in [4.69, 9.17) is 11.6 Å². The summed E-state index contributed by atoms with van der Waals surface area (Å²) in [5.74, 6) is -0.957. The lowest BCUT2D eigenvalue weighted by atomic mass is 10.1. The second kappa shape index (κ2) is 7.01. The van der Waals surface area contributed by atoms with Gasteiger partial charge < -0.3 is 10.6 Å². The van der Waals surface area contributed by atoms with E-state index in [0.29, 0.717) is 0 Å². The van der Waals surface area contributed by atoms with Crippen molar-refractivity contribution in [2.45, 2.75) is 19.4 Å². The summed E-state index contributed by atoms with van der Waals surface area (Å²) in [6.07, 6.45) is 1.91. The quantitative estimate of drug-likeness (QED) is 0.866. The van der Waals surface area contributed by atoms with E-state index in [2.05, 4.69) is 10.6 Å². The first-order valence-electron chi connectivity index (χ1n) is 7.66. The van der Waals surface area contributed by atoms with Gasteiger partial charge in [-0.15, -0.1) is 0 Å². The van der Waals surface area contributed by atoms with E-state index in [-0.39, 0.29) is 29.0 Å². The number of rotatable bonds is 5. The van der Waals surface area contributed by atoms with Crippen LogP contribution in [-0.2, 0) is 11.3 Å². The monoisotopic (exact) mass is 346 g/mol. The molecular formula is C18H16ClFN2O2. The van der Waals surface area contributed by atoms with Gasteiger partial charge in [-0.1, -0.05) is 23.7 Å². The summed E-state index contributed by atoms with van der Waals surface area (Å²) >= 11 is 5.67.